The number of hydrogen-bond acceptors (Lipinski definition) is 10. The number of anilines is 1. The van der Waals surface area contributed by atoms with Crippen molar-refractivity contribution in [2.45, 2.75) is 4.34 Å². The van der Waals surface area contributed by atoms with Crippen molar-refractivity contribution >= 4 is 56.7 Å². The molecule has 0 atom stereocenters. The largest absolute Gasteiger partial charge is 0.493 e. The summed E-state index contributed by atoms with van der Waals surface area (Å²) in [7, 11) is 2.73. The Balaban J connectivity index is 1.69. The maximum absolute atomic E-state index is 12.9. The van der Waals surface area contributed by atoms with Crippen LogP contribution in [-0.2, 0) is 4.74 Å². The van der Waals surface area contributed by atoms with E-state index in [1.165, 1.54) is 49.5 Å². The molecule has 184 valence electrons. The minimum Gasteiger partial charge on any atom is -0.493 e. The first-order valence-corrected chi connectivity index (χ1v) is 11.9. The zero-order chi connectivity index (χ0) is 25.4. The first-order chi connectivity index (χ1) is 16.9. The van der Waals surface area contributed by atoms with Crippen LogP contribution in [0.15, 0.2) is 47.3 Å². The van der Waals surface area contributed by atoms with E-state index in [-0.39, 0.29) is 23.7 Å². The van der Waals surface area contributed by atoms with Crippen molar-refractivity contribution in [2.24, 2.45) is 0 Å². The maximum atomic E-state index is 12.9. The highest BCUT2D eigenvalue weighted by Crippen LogP contribution is 2.35. The van der Waals surface area contributed by atoms with E-state index < -0.39 is 22.6 Å². The molecule has 0 unspecified atom stereocenters. The molecule has 0 saturated carbocycles. The summed E-state index contributed by atoms with van der Waals surface area (Å²) in [6, 6.07) is 7.58. The van der Waals surface area contributed by atoms with Crippen molar-refractivity contribution in [1.82, 2.24) is 10.3 Å². The molecule has 35 heavy (non-hydrogen) atoms. The third-order valence-electron chi connectivity index (χ3n) is 4.50. The number of nitro benzene ring substituents is 1. The topological polar surface area (TPSA) is 142 Å². The molecule has 3 rings (SSSR count). The molecule has 0 spiro atoms. The first kappa shape index (κ1) is 25.8. The smallest absolute Gasteiger partial charge is 0.407 e. The van der Waals surface area contributed by atoms with E-state index in [9.17, 15) is 19.7 Å². The van der Waals surface area contributed by atoms with Crippen molar-refractivity contribution in [3.05, 3.63) is 58.7 Å². The molecular formula is C22H22N4O7S2. The number of methoxy groups -OCH3 is 2. The van der Waals surface area contributed by atoms with Gasteiger partial charge in [0.25, 0.3) is 11.6 Å². The summed E-state index contributed by atoms with van der Waals surface area (Å²) in [6.45, 7) is 4.03. The van der Waals surface area contributed by atoms with Crippen LogP contribution in [0.2, 0.25) is 0 Å². The number of carbonyl (C=O) groups is 2. The second-order valence-corrected chi connectivity index (χ2v) is 9.13. The van der Waals surface area contributed by atoms with Gasteiger partial charge in [-0.2, -0.15) is 0 Å². The summed E-state index contributed by atoms with van der Waals surface area (Å²) in [5.74, 6) is 0.280. The Morgan fingerprint density at radius 2 is 1.97 bits per heavy atom. The van der Waals surface area contributed by atoms with E-state index in [0.717, 1.165) is 20.6 Å². The van der Waals surface area contributed by atoms with Crippen molar-refractivity contribution < 1.29 is 28.7 Å². The summed E-state index contributed by atoms with van der Waals surface area (Å²) < 4.78 is 16.7. The number of thioether (sulfide) groups is 1. The number of thiazole rings is 1. The Morgan fingerprint density at radius 1 is 1.23 bits per heavy atom. The van der Waals surface area contributed by atoms with Crippen LogP contribution >= 0.6 is 23.1 Å². The monoisotopic (exact) mass is 518 g/mol. The van der Waals surface area contributed by atoms with Gasteiger partial charge >= 0.3 is 6.09 Å². The van der Waals surface area contributed by atoms with E-state index in [2.05, 4.69) is 22.2 Å². The maximum Gasteiger partial charge on any atom is 0.407 e. The quantitative estimate of drug-likeness (QED) is 0.123. The molecule has 0 saturated heterocycles. The lowest BCUT2D eigenvalue weighted by atomic mass is 10.1. The van der Waals surface area contributed by atoms with Gasteiger partial charge in [0.05, 0.1) is 35.4 Å². The molecule has 0 fully saturated rings. The van der Waals surface area contributed by atoms with Crippen molar-refractivity contribution in [3.63, 3.8) is 0 Å². The highest BCUT2D eigenvalue weighted by atomic mass is 32.2. The molecule has 1 heterocycles. The number of nitrogens with zero attached hydrogens (tertiary/aromatic N) is 2. The fourth-order valence-electron chi connectivity index (χ4n) is 2.92. The Labute approximate surface area is 208 Å². The predicted molar refractivity (Wildman–Crippen MR) is 134 cm³/mol. The van der Waals surface area contributed by atoms with Crippen LogP contribution in [0.3, 0.4) is 0 Å². The minimum atomic E-state index is -0.662. The van der Waals surface area contributed by atoms with Gasteiger partial charge in [-0.1, -0.05) is 24.4 Å². The molecule has 0 aliphatic rings. The molecule has 11 nitrogen and oxygen atoms in total. The Bertz CT molecular complexity index is 1260. The summed E-state index contributed by atoms with van der Waals surface area (Å²) in [6.07, 6.45) is 0.978. The van der Waals surface area contributed by atoms with Crippen LogP contribution in [0.5, 0.6) is 11.5 Å². The summed E-state index contributed by atoms with van der Waals surface area (Å²) in [5, 5.41) is 16.8. The van der Waals surface area contributed by atoms with Crippen molar-refractivity contribution in [2.75, 3.05) is 38.4 Å². The second kappa shape index (κ2) is 12.0. The fraction of sp³-hybridized carbons (Fsp3) is 0.227. The van der Waals surface area contributed by atoms with Crippen LogP contribution in [-0.4, -0.2) is 55.0 Å². The van der Waals surface area contributed by atoms with Crippen LogP contribution in [0.4, 0.5) is 16.2 Å². The molecule has 0 aliphatic heterocycles. The van der Waals surface area contributed by atoms with Gasteiger partial charge in [0.2, 0.25) is 0 Å². The zero-order valence-corrected chi connectivity index (χ0v) is 20.5. The lowest BCUT2D eigenvalue weighted by molar-refractivity contribution is -0.385. The van der Waals surface area contributed by atoms with E-state index >= 15 is 0 Å². The number of nitro groups is 1. The lowest BCUT2D eigenvalue weighted by Gasteiger charge is -2.11. The van der Waals surface area contributed by atoms with Gasteiger partial charge in [0.1, 0.15) is 12.2 Å². The third-order valence-corrected chi connectivity index (χ3v) is 6.66. The number of fused-ring (bicyclic) bond motifs is 1. The van der Waals surface area contributed by atoms with E-state index in [1.54, 1.807) is 18.2 Å². The van der Waals surface area contributed by atoms with E-state index in [0.29, 0.717) is 18.0 Å². The molecule has 13 heteroatoms. The molecule has 0 aliphatic carbocycles. The van der Waals surface area contributed by atoms with Gasteiger partial charge in [-0.15, -0.1) is 11.3 Å². The number of carbonyl (C=O) groups excluding carboxylic acids is 2. The molecule has 2 amide bonds. The highest BCUT2D eigenvalue weighted by molar-refractivity contribution is 8.01. The Kier molecular flexibility index (Phi) is 8.86. The molecule has 0 radical (unpaired) electrons. The van der Waals surface area contributed by atoms with Gasteiger partial charge in [-0.3, -0.25) is 14.9 Å². The van der Waals surface area contributed by atoms with Crippen molar-refractivity contribution in [1.29, 1.82) is 0 Å². The Morgan fingerprint density at radius 3 is 2.66 bits per heavy atom. The van der Waals surface area contributed by atoms with Crippen LogP contribution in [0.25, 0.3) is 10.2 Å². The van der Waals surface area contributed by atoms with Crippen LogP contribution in [0, 0.1) is 10.1 Å². The third kappa shape index (κ3) is 6.61. The SMILES string of the molecule is C=CCOC(=O)NCCSc1nc2ccc(NC(=O)c3cc(OC)c(OC)cc3[N+](=O)[O-])cc2s1. The fourth-order valence-corrected chi connectivity index (χ4v) is 4.95. The second-order valence-electron chi connectivity index (χ2n) is 6.76. The molecule has 0 bridgehead atoms. The summed E-state index contributed by atoms with van der Waals surface area (Å²) >= 11 is 2.89. The molecule has 1 aromatic heterocycles. The highest BCUT2D eigenvalue weighted by Gasteiger charge is 2.25. The summed E-state index contributed by atoms with van der Waals surface area (Å²) in [4.78, 5) is 39.7. The van der Waals surface area contributed by atoms with Gasteiger partial charge in [-0.05, 0) is 18.2 Å². The lowest BCUT2D eigenvalue weighted by Crippen LogP contribution is -2.26. The van der Waals surface area contributed by atoms with Crippen LogP contribution < -0.4 is 20.1 Å². The average Bonchev–Trinajstić information content (AvgIpc) is 3.26. The number of hydrogen-bond donors (Lipinski definition) is 2. The number of nitrogens with one attached hydrogen (secondary N) is 2. The predicted octanol–water partition coefficient (Wildman–Crippen LogP) is 4.48. The van der Waals surface area contributed by atoms with Gasteiger partial charge in [0.15, 0.2) is 15.8 Å². The number of aromatic nitrogens is 1. The van der Waals surface area contributed by atoms with Gasteiger partial charge in [0, 0.05) is 24.1 Å². The van der Waals surface area contributed by atoms with Crippen molar-refractivity contribution in [3.8, 4) is 11.5 Å². The first-order valence-electron chi connectivity index (χ1n) is 10.1. The normalized spacial score (nSPS) is 10.5. The molecule has 2 N–H and O–H groups in total. The minimum absolute atomic E-state index is 0.148. The standard InChI is InChI=1S/C22H22N4O7S2/c1-4-8-33-21(28)23-7-9-34-22-25-15-6-5-13(10-19(15)35-22)24-20(27)14-11-17(31-2)18(32-3)12-16(14)26(29)30/h4-6,10-12H,1,7-9H2,2-3H3,(H,23,28)(H,24,27). The number of benzene rings is 2. The number of rotatable bonds is 11. The number of amides is 2. The Hall–Kier alpha value is -3.84. The number of alkyl carbamates (subject to hydrolysis) is 1. The zero-order valence-electron chi connectivity index (χ0n) is 18.9. The van der Waals surface area contributed by atoms with E-state index in [4.69, 9.17) is 14.2 Å². The molecule has 2 aromatic carbocycles. The molecular weight excluding hydrogens is 496 g/mol. The summed E-state index contributed by atoms with van der Waals surface area (Å²) in [5.41, 5.74) is 0.636. The van der Waals surface area contributed by atoms with E-state index in [1.807, 2.05) is 0 Å². The van der Waals surface area contributed by atoms with Crippen LogP contribution in [0.1, 0.15) is 10.4 Å². The van der Waals surface area contributed by atoms with Gasteiger partial charge in [-0.25, -0.2) is 9.78 Å². The average molecular weight is 519 g/mol. The number of ether oxygens (including phenoxy) is 3. The van der Waals surface area contributed by atoms with Gasteiger partial charge < -0.3 is 24.8 Å². The molecule has 3 aromatic rings.